The standard InChI is InChI=1S/C13H18N2O/c1-16-11-4-2-3-10-9-15-13(12(10)11)5-7-14-8-6-13/h2-4,14-15H,5-9H2,1H3. The van der Waals surface area contributed by atoms with Crippen molar-refractivity contribution in [3.05, 3.63) is 29.3 Å². The largest absolute Gasteiger partial charge is 0.496 e. The van der Waals surface area contributed by atoms with E-state index >= 15 is 0 Å². The molecule has 0 atom stereocenters. The van der Waals surface area contributed by atoms with Crippen molar-refractivity contribution in [2.24, 2.45) is 0 Å². The molecular weight excluding hydrogens is 200 g/mol. The van der Waals surface area contributed by atoms with Gasteiger partial charge in [-0.05, 0) is 37.6 Å². The average Bonchev–Trinajstić information content (AvgIpc) is 2.70. The molecule has 86 valence electrons. The van der Waals surface area contributed by atoms with Crippen molar-refractivity contribution in [3.8, 4) is 5.75 Å². The third-order valence-electron chi connectivity index (χ3n) is 3.89. The van der Waals surface area contributed by atoms with Crippen LogP contribution in [0.25, 0.3) is 0 Å². The van der Waals surface area contributed by atoms with Crippen LogP contribution in [0.2, 0.25) is 0 Å². The molecule has 2 heterocycles. The fourth-order valence-electron chi connectivity index (χ4n) is 3.07. The smallest absolute Gasteiger partial charge is 0.124 e. The van der Waals surface area contributed by atoms with E-state index in [0.29, 0.717) is 0 Å². The number of hydrogen-bond donors (Lipinski definition) is 2. The molecule has 0 radical (unpaired) electrons. The minimum atomic E-state index is 0.160. The van der Waals surface area contributed by atoms with E-state index in [1.54, 1.807) is 7.11 Å². The van der Waals surface area contributed by atoms with Crippen LogP contribution in [-0.2, 0) is 12.1 Å². The van der Waals surface area contributed by atoms with E-state index < -0.39 is 0 Å². The number of piperidine rings is 1. The summed E-state index contributed by atoms with van der Waals surface area (Å²) in [6.07, 6.45) is 2.31. The quantitative estimate of drug-likeness (QED) is 0.747. The SMILES string of the molecule is COc1cccc2c1C1(CCNCC1)NC2. The van der Waals surface area contributed by atoms with Crippen LogP contribution in [0.1, 0.15) is 24.0 Å². The van der Waals surface area contributed by atoms with Gasteiger partial charge in [-0.25, -0.2) is 0 Å². The van der Waals surface area contributed by atoms with Crippen LogP contribution in [0.4, 0.5) is 0 Å². The molecule has 2 aliphatic rings. The predicted octanol–water partition coefficient (Wildman–Crippen LogP) is 1.38. The highest BCUT2D eigenvalue weighted by atomic mass is 16.5. The van der Waals surface area contributed by atoms with Gasteiger partial charge in [0.25, 0.3) is 0 Å². The van der Waals surface area contributed by atoms with Crippen molar-refractivity contribution in [2.45, 2.75) is 24.9 Å². The number of rotatable bonds is 1. The third-order valence-corrected chi connectivity index (χ3v) is 3.89. The molecule has 2 N–H and O–H groups in total. The lowest BCUT2D eigenvalue weighted by atomic mass is 9.82. The molecule has 3 rings (SSSR count). The van der Waals surface area contributed by atoms with Crippen molar-refractivity contribution in [1.82, 2.24) is 10.6 Å². The molecule has 0 aliphatic carbocycles. The van der Waals surface area contributed by atoms with Crippen LogP contribution in [-0.4, -0.2) is 20.2 Å². The van der Waals surface area contributed by atoms with Gasteiger partial charge in [0, 0.05) is 12.1 Å². The molecule has 0 amide bonds. The summed E-state index contributed by atoms with van der Waals surface area (Å²) in [4.78, 5) is 0. The van der Waals surface area contributed by atoms with Crippen molar-refractivity contribution in [2.75, 3.05) is 20.2 Å². The number of hydrogen-bond acceptors (Lipinski definition) is 3. The Morgan fingerprint density at radius 1 is 1.25 bits per heavy atom. The molecule has 2 aliphatic heterocycles. The molecule has 0 bridgehead atoms. The van der Waals surface area contributed by atoms with Crippen LogP contribution in [0.15, 0.2) is 18.2 Å². The number of methoxy groups -OCH3 is 1. The second-order valence-electron chi connectivity index (χ2n) is 4.68. The second-order valence-corrected chi connectivity index (χ2v) is 4.68. The van der Waals surface area contributed by atoms with E-state index in [0.717, 1.165) is 38.2 Å². The Hall–Kier alpha value is -1.06. The summed E-state index contributed by atoms with van der Waals surface area (Å²) in [6.45, 7) is 3.15. The first-order valence-electron chi connectivity index (χ1n) is 5.98. The molecule has 0 saturated carbocycles. The normalized spacial score (nSPS) is 22.1. The molecule has 1 spiro atoms. The fourth-order valence-corrected chi connectivity index (χ4v) is 3.07. The van der Waals surface area contributed by atoms with Gasteiger partial charge in [0.2, 0.25) is 0 Å². The van der Waals surface area contributed by atoms with Crippen molar-refractivity contribution >= 4 is 0 Å². The Bertz CT molecular complexity index is 391. The van der Waals surface area contributed by atoms with Crippen LogP contribution in [0, 0.1) is 0 Å². The second kappa shape index (κ2) is 3.75. The first kappa shape index (κ1) is 10.1. The highest BCUT2D eigenvalue weighted by Gasteiger charge is 2.41. The van der Waals surface area contributed by atoms with Crippen LogP contribution in [0.3, 0.4) is 0 Å². The van der Waals surface area contributed by atoms with Crippen LogP contribution in [0.5, 0.6) is 5.75 Å². The van der Waals surface area contributed by atoms with Gasteiger partial charge in [-0.3, -0.25) is 0 Å². The predicted molar refractivity (Wildman–Crippen MR) is 63.6 cm³/mol. The Balaban J connectivity index is 2.08. The van der Waals surface area contributed by atoms with E-state index in [-0.39, 0.29) is 5.54 Å². The maximum Gasteiger partial charge on any atom is 0.124 e. The summed E-state index contributed by atoms with van der Waals surface area (Å²) in [5.41, 5.74) is 2.97. The van der Waals surface area contributed by atoms with Gasteiger partial charge in [0.1, 0.15) is 5.75 Å². The molecule has 16 heavy (non-hydrogen) atoms. The van der Waals surface area contributed by atoms with Gasteiger partial charge in [0.05, 0.1) is 12.6 Å². The third kappa shape index (κ3) is 1.35. The average molecular weight is 218 g/mol. The maximum absolute atomic E-state index is 5.52. The minimum absolute atomic E-state index is 0.160. The molecule has 0 unspecified atom stereocenters. The lowest BCUT2D eigenvalue weighted by Crippen LogP contribution is -2.46. The van der Waals surface area contributed by atoms with Gasteiger partial charge in [-0.2, -0.15) is 0 Å². The Labute approximate surface area is 96.2 Å². The molecule has 3 nitrogen and oxygen atoms in total. The molecule has 1 saturated heterocycles. The number of ether oxygens (including phenoxy) is 1. The van der Waals surface area contributed by atoms with Gasteiger partial charge in [0.15, 0.2) is 0 Å². The summed E-state index contributed by atoms with van der Waals surface area (Å²) in [5.74, 6) is 1.05. The number of benzene rings is 1. The van der Waals surface area contributed by atoms with Crippen molar-refractivity contribution in [1.29, 1.82) is 0 Å². The van der Waals surface area contributed by atoms with Gasteiger partial charge in [-0.15, -0.1) is 0 Å². The van der Waals surface area contributed by atoms with E-state index in [1.807, 2.05) is 0 Å². The fraction of sp³-hybridized carbons (Fsp3) is 0.538. The molecule has 0 aromatic heterocycles. The highest BCUT2D eigenvalue weighted by molar-refractivity contribution is 5.48. The highest BCUT2D eigenvalue weighted by Crippen LogP contribution is 2.42. The monoisotopic (exact) mass is 218 g/mol. The first-order chi connectivity index (χ1) is 7.86. The van der Waals surface area contributed by atoms with E-state index in [1.165, 1.54) is 11.1 Å². The Kier molecular flexibility index (Phi) is 2.37. The zero-order valence-electron chi connectivity index (χ0n) is 9.68. The topological polar surface area (TPSA) is 33.3 Å². The van der Waals surface area contributed by atoms with Gasteiger partial charge in [-0.1, -0.05) is 12.1 Å². The molecule has 1 aromatic carbocycles. The zero-order valence-corrected chi connectivity index (χ0v) is 9.68. The minimum Gasteiger partial charge on any atom is -0.496 e. The maximum atomic E-state index is 5.52. The molecule has 1 fully saturated rings. The van der Waals surface area contributed by atoms with E-state index in [4.69, 9.17) is 4.74 Å². The summed E-state index contributed by atoms with van der Waals surface area (Å²) in [5, 5.41) is 7.12. The van der Waals surface area contributed by atoms with Crippen molar-refractivity contribution < 1.29 is 4.74 Å². The molecule has 3 heteroatoms. The summed E-state index contributed by atoms with van der Waals surface area (Å²) in [7, 11) is 1.77. The molecular formula is C13H18N2O. The molecule has 1 aromatic rings. The Morgan fingerprint density at radius 3 is 2.81 bits per heavy atom. The summed E-state index contributed by atoms with van der Waals surface area (Å²) in [6, 6.07) is 6.37. The van der Waals surface area contributed by atoms with E-state index in [9.17, 15) is 0 Å². The van der Waals surface area contributed by atoms with Crippen LogP contribution < -0.4 is 15.4 Å². The Morgan fingerprint density at radius 2 is 2.06 bits per heavy atom. The summed E-state index contributed by atoms with van der Waals surface area (Å²) < 4.78 is 5.52. The van der Waals surface area contributed by atoms with Crippen molar-refractivity contribution in [3.63, 3.8) is 0 Å². The lowest BCUT2D eigenvalue weighted by Gasteiger charge is -2.35. The van der Waals surface area contributed by atoms with Gasteiger partial charge >= 0.3 is 0 Å². The van der Waals surface area contributed by atoms with E-state index in [2.05, 4.69) is 28.8 Å². The zero-order chi connectivity index (χ0) is 11.0. The van der Waals surface area contributed by atoms with Gasteiger partial charge < -0.3 is 15.4 Å². The number of nitrogens with one attached hydrogen (secondary N) is 2. The summed E-state index contributed by atoms with van der Waals surface area (Å²) >= 11 is 0. The number of fused-ring (bicyclic) bond motifs is 2. The lowest BCUT2D eigenvalue weighted by molar-refractivity contribution is 0.257. The first-order valence-corrected chi connectivity index (χ1v) is 5.98. The van der Waals surface area contributed by atoms with Crippen LogP contribution >= 0.6 is 0 Å².